The van der Waals surface area contributed by atoms with Crippen LogP contribution in [0.4, 0.5) is 5.95 Å². The summed E-state index contributed by atoms with van der Waals surface area (Å²) >= 11 is 0. The lowest BCUT2D eigenvalue weighted by molar-refractivity contribution is 0.253. The number of imidazole rings is 1. The molecule has 1 aliphatic carbocycles. The van der Waals surface area contributed by atoms with E-state index in [-0.39, 0.29) is 0 Å². The molecular formula is C17H25N3. The highest BCUT2D eigenvalue weighted by Crippen LogP contribution is 2.32. The Balaban J connectivity index is 1.86. The normalized spacial score (nSPS) is 23.4. The molecule has 0 bridgehead atoms. The van der Waals surface area contributed by atoms with E-state index in [2.05, 4.69) is 55.0 Å². The average molecular weight is 271 g/mol. The zero-order valence-electron chi connectivity index (χ0n) is 12.8. The molecule has 3 nitrogen and oxygen atoms in total. The number of rotatable bonds is 3. The highest BCUT2D eigenvalue weighted by Gasteiger charge is 2.28. The number of nitrogens with zero attached hydrogens (tertiary/aromatic N) is 2. The summed E-state index contributed by atoms with van der Waals surface area (Å²) in [5.74, 6) is 2.52. The van der Waals surface area contributed by atoms with Crippen molar-refractivity contribution in [2.75, 3.05) is 5.32 Å². The molecule has 0 saturated heterocycles. The van der Waals surface area contributed by atoms with Crippen molar-refractivity contribution < 1.29 is 0 Å². The minimum Gasteiger partial charge on any atom is -0.353 e. The molecule has 1 N–H and O–H groups in total. The van der Waals surface area contributed by atoms with Crippen molar-refractivity contribution in [3.8, 4) is 0 Å². The number of anilines is 1. The molecule has 0 amide bonds. The second-order valence-electron chi connectivity index (χ2n) is 6.43. The maximum atomic E-state index is 4.75. The van der Waals surface area contributed by atoms with Gasteiger partial charge in [0.25, 0.3) is 0 Å². The monoisotopic (exact) mass is 271 g/mol. The fourth-order valence-corrected chi connectivity index (χ4v) is 3.58. The summed E-state index contributed by atoms with van der Waals surface area (Å²) < 4.78 is 2.18. The second kappa shape index (κ2) is 5.47. The molecule has 2 aromatic rings. The number of fused-ring (bicyclic) bond motifs is 1. The third kappa shape index (κ3) is 2.41. The van der Waals surface area contributed by atoms with Gasteiger partial charge in [-0.1, -0.05) is 38.8 Å². The van der Waals surface area contributed by atoms with E-state index in [0.717, 1.165) is 23.3 Å². The van der Waals surface area contributed by atoms with Gasteiger partial charge in [0.1, 0.15) is 0 Å². The van der Waals surface area contributed by atoms with Crippen LogP contribution < -0.4 is 5.32 Å². The van der Waals surface area contributed by atoms with Gasteiger partial charge >= 0.3 is 0 Å². The molecule has 2 unspecified atom stereocenters. The highest BCUT2D eigenvalue weighted by molar-refractivity contribution is 5.78. The molecule has 20 heavy (non-hydrogen) atoms. The smallest absolute Gasteiger partial charge is 0.203 e. The minimum absolute atomic E-state index is 0.569. The van der Waals surface area contributed by atoms with Gasteiger partial charge in [-0.25, -0.2) is 4.98 Å². The predicted octanol–water partition coefficient (Wildman–Crippen LogP) is 4.20. The van der Waals surface area contributed by atoms with Crippen molar-refractivity contribution in [3.05, 3.63) is 24.3 Å². The van der Waals surface area contributed by atoms with Crippen LogP contribution in [0.1, 0.15) is 39.5 Å². The quantitative estimate of drug-likeness (QED) is 0.906. The Morgan fingerprint density at radius 3 is 2.70 bits per heavy atom. The molecule has 1 aromatic carbocycles. The van der Waals surface area contributed by atoms with Gasteiger partial charge in [0, 0.05) is 13.1 Å². The van der Waals surface area contributed by atoms with E-state index in [4.69, 9.17) is 4.98 Å². The standard InChI is InChI=1S/C17H25N3/c1-12(2)13-8-4-5-9-14(13)18-17-19-15-10-6-7-11-16(15)20(17)3/h6-7,10-14H,4-5,8-9H2,1-3H3,(H,18,19). The predicted molar refractivity (Wildman–Crippen MR) is 84.9 cm³/mol. The van der Waals surface area contributed by atoms with Crippen LogP contribution in [0.2, 0.25) is 0 Å². The van der Waals surface area contributed by atoms with Crippen LogP contribution in [-0.2, 0) is 7.05 Å². The third-order valence-electron chi connectivity index (χ3n) is 4.78. The van der Waals surface area contributed by atoms with Gasteiger partial charge in [-0.2, -0.15) is 0 Å². The van der Waals surface area contributed by atoms with Crippen molar-refractivity contribution in [2.24, 2.45) is 18.9 Å². The summed E-state index contributed by atoms with van der Waals surface area (Å²) in [6.45, 7) is 4.69. The first kappa shape index (κ1) is 13.5. The highest BCUT2D eigenvalue weighted by atomic mass is 15.2. The van der Waals surface area contributed by atoms with Crippen LogP contribution in [0.3, 0.4) is 0 Å². The van der Waals surface area contributed by atoms with Crippen LogP contribution in [0.5, 0.6) is 0 Å². The number of hydrogen-bond acceptors (Lipinski definition) is 2. The van der Waals surface area contributed by atoms with Crippen molar-refractivity contribution in [1.29, 1.82) is 0 Å². The molecule has 2 atom stereocenters. The molecule has 0 radical (unpaired) electrons. The zero-order chi connectivity index (χ0) is 14.1. The Morgan fingerprint density at radius 1 is 1.20 bits per heavy atom. The van der Waals surface area contributed by atoms with E-state index >= 15 is 0 Å². The van der Waals surface area contributed by atoms with E-state index in [1.165, 1.54) is 31.2 Å². The van der Waals surface area contributed by atoms with Crippen LogP contribution in [0, 0.1) is 11.8 Å². The van der Waals surface area contributed by atoms with Crippen molar-refractivity contribution >= 4 is 17.0 Å². The van der Waals surface area contributed by atoms with Crippen molar-refractivity contribution in [2.45, 2.75) is 45.6 Å². The van der Waals surface area contributed by atoms with Gasteiger partial charge in [0.2, 0.25) is 5.95 Å². The van der Waals surface area contributed by atoms with Gasteiger partial charge in [0.05, 0.1) is 11.0 Å². The van der Waals surface area contributed by atoms with Gasteiger partial charge in [0.15, 0.2) is 0 Å². The molecule has 0 spiro atoms. The fourth-order valence-electron chi connectivity index (χ4n) is 3.58. The number of aryl methyl sites for hydroxylation is 1. The Morgan fingerprint density at radius 2 is 1.95 bits per heavy atom. The van der Waals surface area contributed by atoms with E-state index in [0.29, 0.717) is 6.04 Å². The van der Waals surface area contributed by atoms with E-state index < -0.39 is 0 Å². The Labute approximate surface area is 121 Å². The number of aromatic nitrogens is 2. The van der Waals surface area contributed by atoms with Crippen LogP contribution >= 0.6 is 0 Å². The maximum Gasteiger partial charge on any atom is 0.203 e. The molecule has 1 fully saturated rings. The molecule has 3 rings (SSSR count). The summed E-state index contributed by atoms with van der Waals surface area (Å²) in [7, 11) is 2.10. The summed E-state index contributed by atoms with van der Waals surface area (Å²) in [6.07, 6.45) is 5.33. The summed E-state index contributed by atoms with van der Waals surface area (Å²) in [4.78, 5) is 4.75. The lowest BCUT2D eigenvalue weighted by Gasteiger charge is -2.35. The Kier molecular flexibility index (Phi) is 3.68. The van der Waals surface area contributed by atoms with Crippen LogP contribution in [0.25, 0.3) is 11.0 Å². The maximum absolute atomic E-state index is 4.75. The Bertz CT molecular complexity index is 585. The number of para-hydroxylation sites is 2. The lowest BCUT2D eigenvalue weighted by Crippen LogP contribution is -2.36. The van der Waals surface area contributed by atoms with Crippen molar-refractivity contribution in [3.63, 3.8) is 0 Å². The molecule has 3 heteroatoms. The number of benzene rings is 1. The van der Waals surface area contributed by atoms with E-state index in [9.17, 15) is 0 Å². The Hall–Kier alpha value is -1.51. The van der Waals surface area contributed by atoms with Crippen LogP contribution in [0.15, 0.2) is 24.3 Å². The largest absolute Gasteiger partial charge is 0.353 e. The topological polar surface area (TPSA) is 29.9 Å². The first-order valence-electron chi connectivity index (χ1n) is 7.85. The molecule has 108 valence electrons. The van der Waals surface area contributed by atoms with Gasteiger partial charge in [-0.3, -0.25) is 0 Å². The minimum atomic E-state index is 0.569. The molecule has 0 aliphatic heterocycles. The first-order chi connectivity index (χ1) is 9.66. The molecule has 1 aliphatic rings. The molecular weight excluding hydrogens is 246 g/mol. The zero-order valence-corrected chi connectivity index (χ0v) is 12.8. The summed E-state index contributed by atoms with van der Waals surface area (Å²) in [5, 5.41) is 3.72. The van der Waals surface area contributed by atoms with Crippen molar-refractivity contribution in [1.82, 2.24) is 9.55 Å². The van der Waals surface area contributed by atoms with E-state index in [1.807, 2.05) is 0 Å². The first-order valence-corrected chi connectivity index (χ1v) is 7.85. The summed E-state index contributed by atoms with van der Waals surface area (Å²) in [5.41, 5.74) is 2.28. The SMILES string of the molecule is CC(C)C1CCCCC1Nc1nc2ccccc2n1C. The number of nitrogens with one attached hydrogen (secondary N) is 1. The molecule has 1 heterocycles. The van der Waals surface area contributed by atoms with E-state index in [1.54, 1.807) is 0 Å². The second-order valence-corrected chi connectivity index (χ2v) is 6.43. The van der Waals surface area contributed by atoms with Gasteiger partial charge < -0.3 is 9.88 Å². The fraction of sp³-hybridized carbons (Fsp3) is 0.588. The van der Waals surface area contributed by atoms with Gasteiger partial charge in [-0.05, 0) is 36.8 Å². The lowest BCUT2D eigenvalue weighted by atomic mass is 9.78. The summed E-state index contributed by atoms with van der Waals surface area (Å²) in [6, 6.07) is 8.91. The van der Waals surface area contributed by atoms with Gasteiger partial charge in [-0.15, -0.1) is 0 Å². The average Bonchev–Trinajstić information content (AvgIpc) is 2.76. The molecule has 1 aromatic heterocycles. The van der Waals surface area contributed by atoms with Crippen LogP contribution in [-0.4, -0.2) is 15.6 Å². The number of hydrogen-bond donors (Lipinski definition) is 1. The third-order valence-corrected chi connectivity index (χ3v) is 4.78. The molecule has 1 saturated carbocycles.